The van der Waals surface area contributed by atoms with Crippen LogP contribution in [0.2, 0.25) is 10.0 Å². The van der Waals surface area contributed by atoms with Crippen molar-refractivity contribution in [1.82, 2.24) is 9.29 Å². The van der Waals surface area contributed by atoms with Gasteiger partial charge in [-0.05, 0) is 42.0 Å². The molecule has 158 valence electrons. The Labute approximate surface area is 198 Å². The average Bonchev–Trinajstić information content (AvgIpc) is 3.19. The molecule has 5 nitrogen and oxygen atoms in total. The first-order valence-corrected chi connectivity index (χ1v) is 13.1. The summed E-state index contributed by atoms with van der Waals surface area (Å²) in [5.41, 5.74) is 1.91. The summed E-state index contributed by atoms with van der Waals surface area (Å²) in [4.78, 5) is 7.17. The zero-order chi connectivity index (χ0) is 21.3. The van der Waals surface area contributed by atoms with Crippen molar-refractivity contribution in [2.75, 3.05) is 31.1 Å². The number of rotatable bonds is 5. The molecule has 2 heterocycles. The molecule has 0 N–H and O–H groups in total. The molecular formula is C20H18BrCl2N3O2S2. The van der Waals surface area contributed by atoms with Crippen LogP contribution in [0.1, 0.15) is 11.3 Å². The molecule has 0 atom stereocenters. The van der Waals surface area contributed by atoms with E-state index in [0.29, 0.717) is 47.5 Å². The van der Waals surface area contributed by atoms with Gasteiger partial charge < -0.3 is 4.90 Å². The highest BCUT2D eigenvalue weighted by Gasteiger charge is 2.29. The third kappa shape index (κ3) is 4.84. The van der Waals surface area contributed by atoms with Gasteiger partial charge in [0.1, 0.15) is 0 Å². The lowest BCUT2D eigenvalue weighted by molar-refractivity contribution is 0.384. The van der Waals surface area contributed by atoms with Crippen molar-refractivity contribution in [2.24, 2.45) is 0 Å². The van der Waals surface area contributed by atoms with Crippen LogP contribution in [0, 0.1) is 0 Å². The Morgan fingerprint density at radius 2 is 1.73 bits per heavy atom. The number of piperazine rings is 1. The van der Waals surface area contributed by atoms with Gasteiger partial charge in [0.2, 0.25) is 10.0 Å². The summed E-state index contributed by atoms with van der Waals surface area (Å²) in [5, 5.41) is 4.16. The molecule has 1 aliphatic rings. The van der Waals surface area contributed by atoms with E-state index in [-0.39, 0.29) is 0 Å². The predicted octanol–water partition coefficient (Wildman–Crippen LogP) is 5.31. The maximum Gasteiger partial charge on any atom is 0.243 e. The second kappa shape index (κ2) is 9.14. The number of thiazole rings is 1. The van der Waals surface area contributed by atoms with Crippen LogP contribution in [0.25, 0.3) is 0 Å². The number of nitrogens with zero attached hydrogens (tertiary/aromatic N) is 3. The van der Waals surface area contributed by atoms with E-state index in [1.54, 1.807) is 41.7 Å². The number of sulfonamides is 1. The fourth-order valence-corrected chi connectivity index (χ4v) is 6.30. The van der Waals surface area contributed by atoms with Gasteiger partial charge in [-0.3, -0.25) is 0 Å². The van der Waals surface area contributed by atoms with E-state index in [1.165, 1.54) is 4.31 Å². The predicted molar refractivity (Wildman–Crippen MR) is 126 cm³/mol. The summed E-state index contributed by atoms with van der Waals surface area (Å²) in [6, 6.07) is 12.2. The van der Waals surface area contributed by atoms with E-state index in [9.17, 15) is 8.42 Å². The average molecular weight is 547 g/mol. The third-order valence-corrected chi connectivity index (χ3v) is 8.87. The first kappa shape index (κ1) is 22.0. The highest BCUT2D eigenvalue weighted by Crippen LogP contribution is 2.28. The number of aromatic nitrogens is 1. The van der Waals surface area contributed by atoms with E-state index in [2.05, 4.69) is 20.8 Å². The molecular weight excluding hydrogens is 529 g/mol. The fraction of sp³-hybridized carbons (Fsp3) is 0.250. The standard InChI is InChI=1S/C20H18BrCl2N3O2S2/c21-15-2-5-18(6-3-15)30(27,28)26-9-7-25(8-10-26)20-24-17(13-29-20)11-14-1-4-16(22)12-19(14)23/h1-6,12-13H,7-11H2. The lowest BCUT2D eigenvalue weighted by atomic mass is 10.1. The number of hydrogen-bond acceptors (Lipinski definition) is 5. The molecule has 3 aromatic rings. The highest BCUT2D eigenvalue weighted by molar-refractivity contribution is 9.10. The Morgan fingerprint density at radius 1 is 1.03 bits per heavy atom. The maximum absolute atomic E-state index is 12.9. The van der Waals surface area contributed by atoms with Crippen molar-refractivity contribution in [3.05, 3.63) is 73.6 Å². The molecule has 1 fully saturated rings. The monoisotopic (exact) mass is 545 g/mol. The number of anilines is 1. The maximum atomic E-state index is 12.9. The van der Waals surface area contributed by atoms with Crippen molar-refractivity contribution in [1.29, 1.82) is 0 Å². The van der Waals surface area contributed by atoms with Crippen LogP contribution in [0.3, 0.4) is 0 Å². The Balaban J connectivity index is 1.40. The summed E-state index contributed by atoms with van der Waals surface area (Å²) in [7, 11) is -3.48. The van der Waals surface area contributed by atoms with Crippen LogP contribution in [-0.2, 0) is 16.4 Å². The Kier molecular flexibility index (Phi) is 6.72. The summed E-state index contributed by atoms with van der Waals surface area (Å²) in [5.74, 6) is 0. The third-order valence-electron chi connectivity index (χ3n) is 4.89. The minimum Gasteiger partial charge on any atom is -0.345 e. The Morgan fingerprint density at radius 3 is 2.40 bits per heavy atom. The second-order valence-corrected chi connectivity index (χ2v) is 11.4. The molecule has 0 unspecified atom stereocenters. The number of benzene rings is 2. The van der Waals surface area contributed by atoms with Crippen LogP contribution < -0.4 is 4.90 Å². The zero-order valence-electron chi connectivity index (χ0n) is 15.8. The molecule has 1 aromatic heterocycles. The topological polar surface area (TPSA) is 53.5 Å². The van der Waals surface area contributed by atoms with Gasteiger partial charge >= 0.3 is 0 Å². The molecule has 0 spiro atoms. The molecule has 0 amide bonds. The SMILES string of the molecule is O=S(=O)(c1ccc(Br)cc1)N1CCN(c2nc(Cc3ccc(Cl)cc3Cl)cs2)CC1. The van der Waals surface area contributed by atoms with Crippen molar-refractivity contribution in [2.45, 2.75) is 11.3 Å². The van der Waals surface area contributed by atoms with E-state index in [1.807, 2.05) is 17.5 Å². The van der Waals surface area contributed by atoms with Gasteiger partial charge in [-0.15, -0.1) is 11.3 Å². The minimum atomic E-state index is -3.48. The molecule has 0 radical (unpaired) electrons. The van der Waals surface area contributed by atoms with Crippen LogP contribution >= 0.6 is 50.5 Å². The van der Waals surface area contributed by atoms with Gasteiger partial charge in [-0.25, -0.2) is 13.4 Å². The van der Waals surface area contributed by atoms with Gasteiger partial charge in [0.15, 0.2) is 5.13 Å². The van der Waals surface area contributed by atoms with Gasteiger partial charge in [0, 0.05) is 52.5 Å². The molecule has 0 aliphatic carbocycles. The lowest BCUT2D eigenvalue weighted by Gasteiger charge is -2.33. The van der Waals surface area contributed by atoms with Gasteiger partial charge in [-0.2, -0.15) is 4.31 Å². The highest BCUT2D eigenvalue weighted by atomic mass is 79.9. The van der Waals surface area contributed by atoms with Crippen LogP contribution in [0.15, 0.2) is 57.2 Å². The van der Waals surface area contributed by atoms with Crippen molar-refractivity contribution < 1.29 is 8.42 Å². The molecule has 10 heteroatoms. The molecule has 4 rings (SSSR count). The second-order valence-electron chi connectivity index (χ2n) is 6.88. The smallest absolute Gasteiger partial charge is 0.243 e. The van der Waals surface area contributed by atoms with Crippen molar-refractivity contribution >= 4 is 65.6 Å². The molecule has 0 saturated carbocycles. The largest absolute Gasteiger partial charge is 0.345 e. The summed E-state index contributed by atoms with van der Waals surface area (Å²) < 4.78 is 28.1. The first-order chi connectivity index (χ1) is 14.3. The van der Waals surface area contributed by atoms with Gasteiger partial charge in [0.25, 0.3) is 0 Å². The molecule has 1 saturated heterocycles. The zero-order valence-corrected chi connectivity index (χ0v) is 20.5. The Hall–Kier alpha value is -1.16. The molecule has 1 aliphatic heterocycles. The van der Waals surface area contributed by atoms with E-state index in [0.717, 1.165) is 20.9 Å². The summed E-state index contributed by atoms with van der Waals surface area (Å²) in [6.07, 6.45) is 0.629. The van der Waals surface area contributed by atoms with Crippen molar-refractivity contribution in [3.63, 3.8) is 0 Å². The number of hydrogen-bond donors (Lipinski definition) is 0. The van der Waals surface area contributed by atoms with Gasteiger partial charge in [0.05, 0.1) is 10.6 Å². The first-order valence-electron chi connectivity index (χ1n) is 9.22. The minimum absolute atomic E-state index is 0.315. The molecule has 2 aromatic carbocycles. The molecule has 0 bridgehead atoms. The van der Waals surface area contributed by atoms with Gasteiger partial charge in [-0.1, -0.05) is 45.2 Å². The summed E-state index contributed by atoms with van der Waals surface area (Å²) in [6.45, 7) is 2.06. The van der Waals surface area contributed by atoms with Crippen LogP contribution in [-0.4, -0.2) is 43.9 Å². The van der Waals surface area contributed by atoms with Crippen LogP contribution in [0.5, 0.6) is 0 Å². The summed E-state index contributed by atoms with van der Waals surface area (Å²) >= 11 is 17.1. The lowest BCUT2D eigenvalue weighted by Crippen LogP contribution is -2.48. The Bertz CT molecular complexity index is 1150. The van der Waals surface area contributed by atoms with E-state index in [4.69, 9.17) is 28.2 Å². The normalized spacial score (nSPS) is 15.5. The number of halogens is 3. The van der Waals surface area contributed by atoms with E-state index >= 15 is 0 Å². The van der Waals surface area contributed by atoms with Crippen LogP contribution in [0.4, 0.5) is 5.13 Å². The molecule has 30 heavy (non-hydrogen) atoms. The van der Waals surface area contributed by atoms with E-state index < -0.39 is 10.0 Å². The quantitative estimate of drug-likeness (QED) is 0.435. The van der Waals surface area contributed by atoms with Crippen molar-refractivity contribution in [3.8, 4) is 0 Å². The fourth-order valence-electron chi connectivity index (χ4n) is 3.26.